The van der Waals surface area contributed by atoms with Crippen LogP contribution in [0.5, 0.6) is 0 Å². The maximum Gasteiger partial charge on any atom is 0.269 e. The van der Waals surface area contributed by atoms with Gasteiger partial charge < -0.3 is 4.90 Å². The topological polar surface area (TPSA) is 46.4 Å². The quantitative estimate of drug-likeness (QED) is 0.597. The van der Waals surface area contributed by atoms with Gasteiger partial charge in [-0.05, 0) is 24.0 Å². The molecule has 0 bridgehead atoms. The van der Waals surface area contributed by atoms with Crippen LogP contribution >= 0.6 is 0 Å². The number of hydrogen-bond donors (Lipinski definition) is 0. The third-order valence-corrected chi connectivity index (χ3v) is 3.20. The molecule has 5 heteroatoms. The average molecular weight is 238 g/mol. The second-order valence-electron chi connectivity index (χ2n) is 4.24. The first-order valence-electron chi connectivity index (χ1n) is 5.75. The number of nitro benzene ring substituents is 1. The Morgan fingerprint density at radius 1 is 1.29 bits per heavy atom. The highest BCUT2D eigenvalue weighted by molar-refractivity contribution is 5.40. The van der Waals surface area contributed by atoms with E-state index in [0.29, 0.717) is 6.54 Å². The Hall–Kier alpha value is -1.49. The van der Waals surface area contributed by atoms with E-state index in [9.17, 15) is 14.5 Å². The van der Waals surface area contributed by atoms with Gasteiger partial charge in [-0.25, -0.2) is 4.39 Å². The Kier molecular flexibility index (Phi) is 3.68. The zero-order chi connectivity index (χ0) is 12.3. The Morgan fingerprint density at radius 3 is 2.65 bits per heavy atom. The van der Waals surface area contributed by atoms with Crippen LogP contribution in [0.4, 0.5) is 10.1 Å². The molecule has 0 spiro atoms. The van der Waals surface area contributed by atoms with E-state index in [2.05, 4.69) is 4.90 Å². The van der Waals surface area contributed by atoms with Gasteiger partial charge in [-0.3, -0.25) is 10.1 Å². The van der Waals surface area contributed by atoms with Gasteiger partial charge in [-0.1, -0.05) is 6.07 Å². The summed E-state index contributed by atoms with van der Waals surface area (Å²) >= 11 is 0. The van der Waals surface area contributed by atoms with Gasteiger partial charge in [-0.2, -0.15) is 0 Å². The molecule has 2 rings (SSSR count). The van der Waals surface area contributed by atoms with Crippen molar-refractivity contribution in [2.75, 3.05) is 26.3 Å². The highest BCUT2D eigenvalue weighted by atomic mass is 19.1. The molecule has 0 fully saturated rings. The third kappa shape index (κ3) is 2.79. The fourth-order valence-corrected chi connectivity index (χ4v) is 2.21. The minimum atomic E-state index is -0.371. The average Bonchev–Trinajstić information content (AvgIpc) is 2.52. The molecule has 1 aromatic rings. The van der Waals surface area contributed by atoms with Gasteiger partial charge in [-0.15, -0.1) is 0 Å². The molecule has 0 atom stereocenters. The Morgan fingerprint density at radius 2 is 2.00 bits per heavy atom. The first kappa shape index (κ1) is 12.0. The smallest absolute Gasteiger partial charge is 0.269 e. The van der Waals surface area contributed by atoms with Gasteiger partial charge >= 0.3 is 0 Å². The highest BCUT2D eigenvalue weighted by Gasteiger charge is 2.16. The number of hydrogen-bond acceptors (Lipinski definition) is 3. The molecule has 4 nitrogen and oxygen atoms in total. The molecule has 17 heavy (non-hydrogen) atoms. The second kappa shape index (κ2) is 5.23. The lowest BCUT2D eigenvalue weighted by Crippen LogP contribution is -2.28. The largest absolute Gasteiger partial charge is 0.300 e. The lowest BCUT2D eigenvalue weighted by Gasteiger charge is -2.16. The lowest BCUT2D eigenvalue weighted by atomic mass is 10.0. The summed E-state index contributed by atoms with van der Waals surface area (Å²) in [5, 5.41) is 10.7. The van der Waals surface area contributed by atoms with Crippen LogP contribution in [0.25, 0.3) is 0 Å². The Balaban J connectivity index is 2.16. The normalized spacial score (nSPS) is 16.3. The molecule has 1 heterocycles. The molecule has 0 saturated heterocycles. The van der Waals surface area contributed by atoms with E-state index in [1.54, 1.807) is 12.1 Å². The molecule has 0 radical (unpaired) electrons. The predicted octanol–water partition coefficient (Wildman–Crippen LogP) is 1.96. The van der Waals surface area contributed by atoms with E-state index < -0.39 is 0 Å². The molecule has 0 unspecified atom stereocenters. The molecule has 0 aliphatic carbocycles. The fourth-order valence-electron chi connectivity index (χ4n) is 2.21. The summed E-state index contributed by atoms with van der Waals surface area (Å²) in [5.74, 6) is 0. The predicted molar refractivity (Wildman–Crippen MR) is 62.9 cm³/mol. The van der Waals surface area contributed by atoms with Crippen molar-refractivity contribution < 1.29 is 9.31 Å². The van der Waals surface area contributed by atoms with Crippen molar-refractivity contribution in [2.45, 2.75) is 12.8 Å². The summed E-state index contributed by atoms with van der Waals surface area (Å²) in [6, 6.07) is 5.02. The summed E-state index contributed by atoms with van der Waals surface area (Å²) in [7, 11) is 0. The first-order chi connectivity index (χ1) is 8.20. The Bertz CT molecular complexity index is 423. The number of alkyl halides is 1. The maximum atomic E-state index is 12.3. The van der Waals surface area contributed by atoms with Crippen molar-refractivity contribution in [1.82, 2.24) is 4.90 Å². The van der Waals surface area contributed by atoms with Gasteiger partial charge in [0.25, 0.3) is 5.69 Å². The molecule has 0 saturated carbocycles. The van der Waals surface area contributed by atoms with E-state index in [1.165, 1.54) is 0 Å². The van der Waals surface area contributed by atoms with Gasteiger partial charge in [0, 0.05) is 31.8 Å². The summed E-state index contributed by atoms with van der Waals surface area (Å²) < 4.78 is 12.3. The number of rotatable bonds is 3. The van der Waals surface area contributed by atoms with Crippen LogP contribution in [0.15, 0.2) is 18.2 Å². The van der Waals surface area contributed by atoms with E-state index in [4.69, 9.17) is 0 Å². The molecular formula is C12H15FN2O2. The summed E-state index contributed by atoms with van der Waals surface area (Å²) in [5.41, 5.74) is 2.32. The maximum absolute atomic E-state index is 12.3. The van der Waals surface area contributed by atoms with Crippen molar-refractivity contribution in [2.24, 2.45) is 0 Å². The molecule has 1 aliphatic rings. The molecule has 1 aliphatic heterocycles. The van der Waals surface area contributed by atoms with E-state index >= 15 is 0 Å². The zero-order valence-corrected chi connectivity index (χ0v) is 9.56. The Labute approximate surface area is 99.2 Å². The minimum absolute atomic E-state index is 0.141. The van der Waals surface area contributed by atoms with Crippen molar-refractivity contribution >= 4 is 5.69 Å². The van der Waals surface area contributed by atoms with Crippen molar-refractivity contribution in [3.05, 3.63) is 39.4 Å². The number of fused-ring (bicyclic) bond motifs is 1. The van der Waals surface area contributed by atoms with E-state index in [1.807, 2.05) is 6.07 Å². The first-order valence-corrected chi connectivity index (χ1v) is 5.75. The number of nitrogens with zero attached hydrogens (tertiary/aromatic N) is 2. The molecule has 0 amide bonds. The number of halogens is 1. The fraction of sp³-hybridized carbons (Fsp3) is 0.500. The van der Waals surface area contributed by atoms with Crippen LogP contribution in [0.2, 0.25) is 0 Å². The standard InChI is InChI=1S/C12H15FN2O2/c13-5-8-14-6-3-10-1-2-12(15(16)17)9-11(10)4-7-14/h1-2,9H,3-8H2. The molecule has 92 valence electrons. The van der Waals surface area contributed by atoms with Gasteiger partial charge in [0.1, 0.15) is 6.67 Å². The summed E-state index contributed by atoms with van der Waals surface area (Å²) in [6.45, 7) is 1.72. The third-order valence-electron chi connectivity index (χ3n) is 3.20. The molecule has 0 aromatic heterocycles. The summed E-state index contributed by atoms with van der Waals surface area (Å²) in [4.78, 5) is 12.4. The van der Waals surface area contributed by atoms with E-state index in [-0.39, 0.29) is 17.3 Å². The number of non-ortho nitro benzene ring substituents is 1. The number of nitro groups is 1. The van der Waals surface area contributed by atoms with Crippen LogP contribution in [0.3, 0.4) is 0 Å². The van der Waals surface area contributed by atoms with Crippen LogP contribution in [0.1, 0.15) is 11.1 Å². The molecular weight excluding hydrogens is 223 g/mol. The van der Waals surface area contributed by atoms with Crippen molar-refractivity contribution in [3.63, 3.8) is 0 Å². The van der Waals surface area contributed by atoms with Crippen LogP contribution in [-0.2, 0) is 12.8 Å². The SMILES string of the molecule is O=[N+]([O-])c1ccc2c(c1)CCN(CCF)CC2. The molecule has 1 aromatic carbocycles. The van der Waals surface area contributed by atoms with Crippen molar-refractivity contribution in [1.29, 1.82) is 0 Å². The zero-order valence-electron chi connectivity index (χ0n) is 9.56. The van der Waals surface area contributed by atoms with Crippen LogP contribution < -0.4 is 0 Å². The monoisotopic (exact) mass is 238 g/mol. The van der Waals surface area contributed by atoms with Crippen molar-refractivity contribution in [3.8, 4) is 0 Å². The minimum Gasteiger partial charge on any atom is -0.300 e. The van der Waals surface area contributed by atoms with Gasteiger partial charge in [0.2, 0.25) is 0 Å². The summed E-state index contributed by atoms with van der Waals surface area (Å²) in [6.07, 6.45) is 1.60. The van der Waals surface area contributed by atoms with E-state index in [0.717, 1.165) is 37.1 Å². The van der Waals surface area contributed by atoms with Gasteiger partial charge in [0.15, 0.2) is 0 Å². The van der Waals surface area contributed by atoms with Crippen LogP contribution in [0, 0.1) is 10.1 Å². The second-order valence-corrected chi connectivity index (χ2v) is 4.24. The van der Waals surface area contributed by atoms with Crippen LogP contribution in [-0.4, -0.2) is 36.1 Å². The lowest BCUT2D eigenvalue weighted by molar-refractivity contribution is -0.384. The molecule has 0 N–H and O–H groups in total. The number of benzene rings is 1. The highest BCUT2D eigenvalue weighted by Crippen LogP contribution is 2.21. The van der Waals surface area contributed by atoms with Gasteiger partial charge in [0.05, 0.1) is 4.92 Å².